The maximum atomic E-state index is 13.9. The largest absolute Gasteiger partial charge is 0.206 e. The van der Waals surface area contributed by atoms with Crippen molar-refractivity contribution >= 4 is 0 Å². The van der Waals surface area contributed by atoms with E-state index in [9.17, 15) is 8.78 Å². The highest BCUT2D eigenvalue weighted by atomic mass is 19.1. The number of rotatable bonds is 2. The standard InChI is InChI=1S/C15H16F2/c1-3-5-10-6-7-13-11(8-10)9-14(16)12(4-2)15(13)17/h2,9-10H,3,5-8H2,1H3. The zero-order valence-corrected chi connectivity index (χ0v) is 10.0. The molecule has 0 amide bonds. The summed E-state index contributed by atoms with van der Waals surface area (Å²) >= 11 is 0. The van der Waals surface area contributed by atoms with E-state index in [1.807, 2.05) is 0 Å². The maximum Gasteiger partial charge on any atom is 0.145 e. The fourth-order valence-electron chi connectivity index (χ4n) is 2.71. The Morgan fingerprint density at radius 1 is 1.47 bits per heavy atom. The van der Waals surface area contributed by atoms with Gasteiger partial charge >= 0.3 is 0 Å². The summed E-state index contributed by atoms with van der Waals surface area (Å²) < 4.78 is 27.5. The molecule has 1 aromatic carbocycles. The van der Waals surface area contributed by atoms with E-state index in [2.05, 4.69) is 12.8 Å². The first-order valence-corrected chi connectivity index (χ1v) is 6.13. The zero-order chi connectivity index (χ0) is 12.4. The van der Waals surface area contributed by atoms with Crippen LogP contribution in [-0.4, -0.2) is 0 Å². The van der Waals surface area contributed by atoms with Crippen molar-refractivity contribution < 1.29 is 8.78 Å². The first kappa shape index (κ1) is 12.1. The number of terminal acetylenes is 1. The fourth-order valence-corrected chi connectivity index (χ4v) is 2.71. The summed E-state index contributed by atoms with van der Waals surface area (Å²) in [5.74, 6) is 1.55. The predicted molar refractivity (Wildman–Crippen MR) is 64.7 cm³/mol. The summed E-state index contributed by atoms with van der Waals surface area (Å²) in [7, 11) is 0. The molecule has 2 rings (SSSR count). The third-order valence-electron chi connectivity index (χ3n) is 3.56. The minimum Gasteiger partial charge on any atom is -0.206 e. The minimum atomic E-state index is -0.596. The second kappa shape index (κ2) is 4.87. The van der Waals surface area contributed by atoms with Crippen LogP contribution in [0, 0.1) is 29.9 Å². The first-order chi connectivity index (χ1) is 8.17. The lowest BCUT2D eigenvalue weighted by Gasteiger charge is -2.25. The van der Waals surface area contributed by atoms with Crippen LogP contribution in [0.1, 0.15) is 42.9 Å². The lowest BCUT2D eigenvalue weighted by molar-refractivity contribution is 0.411. The van der Waals surface area contributed by atoms with Crippen LogP contribution in [0.25, 0.3) is 0 Å². The van der Waals surface area contributed by atoms with Gasteiger partial charge in [0.1, 0.15) is 11.6 Å². The molecule has 0 nitrogen and oxygen atoms in total. The van der Waals surface area contributed by atoms with Gasteiger partial charge in [-0.15, -0.1) is 6.42 Å². The normalized spacial score (nSPS) is 18.6. The Hall–Kier alpha value is -1.36. The van der Waals surface area contributed by atoms with Gasteiger partial charge in [-0.05, 0) is 42.4 Å². The van der Waals surface area contributed by atoms with Crippen molar-refractivity contribution in [1.82, 2.24) is 0 Å². The van der Waals surface area contributed by atoms with Crippen LogP contribution in [0.4, 0.5) is 8.78 Å². The van der Waals surface area contributed by atoms with Gasteiger partial charge in [0.2, 0.25) is 0 Å². The minimum absolute atomic E-state index is 0.210. The number of hydrogen-bond acceptors (Lipinski definition) is 0. The van der Waals surface area contributed by atoms with Gasteiger partial charge in [0, 0.05) is 0 Å². The van der Waals surface area contributed by atoms with E-state index in [1.165, 1.54) is 6.07 Å². The molecule has 0 N–H and O–H groups in total. The van der Waals surface area contributed by atoms with Crippen molar-refractivity contribution in [3.63, 3.8) is 0 Å². The molecule has 1 aromatic rings. The summed E-state index contributed by atoms with van der Waals surface area (Å²) in [5, 5.41) is 0. The van der Waals surface area contributed by atoms with Crippen LogP contribution in [0.2, 0.25) is 0 Å². The molecule has 2 heteroatoms. The Kier molecular flexibility index (Phi) is 3.47. The van der Waals surface area contributed by atoms with Gasteiger partial charge < -0.3 is 0 Å². The fraction of sp³-hybridized carbons (Fsp3) is 0.467. The molecule has 0 radical (unpaired) electrons. The van der Waals surface area contributed by atoms with Gasteiger partial charge in [-0.3, -0.25) is 0 Å². The van der Waals surface area contributed by atoms with Crippen LogP contribution in [0.3, 0.4) is 0 Å². The lowest BCUT2D eigenvalue weighted by atomic mass is 9.81. The monoisotopic (exact) mass is 234 g/mol. The third kappa shape index (κ3) is 2.20. The second-order valence-corrected chi connectivity index (χ2v) is 4.73. The lowest BCUT2D eigenvalue weighted by Crippen LogP contribution is -2.17. The molecule has 0 saturated heterocycles. The smallest absolute Gasteiger partial charge is 0.145 e. The molecule has 90 valence electrons. The van der Waals surface area contributed by atoms with Gasteiger partial charge in [-0.2, -0.15) is 0 Å². The average Bonchev–Trinajstić information content (AvgIpc) is 2.29. The first-order valence-electron chi connectivity index (χ1n) is 6.13. The topological polar surface area (TPSA) is 0 Å². The summed E-state index contributed by atoms with van der Waals surface area (Å²) in [4.78, 5) is 0. The van der Waals surface area contributed by atoms with E-state index in [4.69, 9.17) is 6.42 Å². The molecular formula is C15H16F2. The van der Waals surface area contributed by atoms with Crippen molar-refractivity contribution in [1.29, 1.82) is 0 Å². The number of hydrogen-bond donors (Lipinski definition) is 0. The molecule has 1 atom stereocenters. The third-order valence-corrected chi connectivity index (χ3v) is 3.56. The van der Waals surface area contributed by atoms with Crippen molar-refractivity contribution in [2.45, 2.75) is 39.0 Å². The molecule has 0 spiro atoms. The van der Waals surface area contributed by atoms with Crippen molar-refractivity contribution in [3.05, 3.63) is 34.4 Å². The molecule has 1 aliphatic carbocycles. The Balaban J connectivity index is 2.38. The number of halogens is 2. The van der Waals surface area contributed by atoms with Crippen molar-refractivity contribution in [3.8, 4) is 12.3 Å². The summed E-state index contributed by atoms with van der Waals surface area (Å²) in [6.07, 6.45) is 9.81. The van der Waals surface area contributed by atoms with Gasteiger partial charge in [0.05, 0.1) is 5.56 Å². The summed E-state index contributed by atoms with van der Waals surface area (Å²) in [6.45, 7) is 2.14. The van der Waals surface area contributed by atoms with Gasteiger partial charge in [0.15, 0.2) is 0 Å². The highest BCUT2D eigenvalue weighted by Gasteiger charge is 2.24. The SMILES string of the molecule is C#Cc1c(F)cc2c(c1F)CCC(CCC)C2. The highest BCUT2D eigenvalue weighted by Crippen LogP contribution is 2.32. The molecule has 0 heterocycles. The summed E-state index contributed by atoms with van der Waals surface area (Å²) in [5.41, 5.74) is 1.23. The molecule has 0 aliphatic heterocycles. The molecule has 0 aromatic heterocycles. The van der Waals surface area contributed by atoms with Gasteiger partial charge in [-0.1, -0.05) is 25.7 Å². The molecular weight excluding hydrogens is 218 g/mol. The summed E-state index contributed by atoms with van der Waals surface area (Å²) in [6, 6.07) is 1.43. The van der Waals surface area contributed by atoms with E-state index in [1.54, 1.807) is 0 Å². The zero-order valence-electron chi connectivity index (χ0n) is 10.0. The molecule has 1 aliphatic rings. The molecule has 1 unspecified atom stereocenters. The Morgan fingerprint density at radius 2 is 2.24 bits per heavy atom. The van der Waals surface area contributed by atoms with Crippen molar-refractivity contribution in [2.24, 2.45) is 5.92 Å². The van der Waals surface area contributed by atoms with Crippen molar-refractivity contribution in [2.75, 3.05) is 0 Å². The number of fused-ring (bicyclic) bond motifs is 1. The molecule has 17 heavy (non-hydrogen) atoms. The molecule has 0 saturated carbocycles. The van der Waals surface area contributed by atoms with Crippen LogP contribution in [0.5, 0.6) is 0 Å². The van der Waals surface area contributed by atoms with Gasteiger partial charge in [0.25, 0.3) is 0 Å². The van der Waals surface area contributed by atoms with E-state index in [-0.39, 0.29) is 5.56 Å². The highest BCUT2D eigenvalue weighted by molar-refractivity contribution is 5.44. The van der Waals surface area contributed by atoms with E-state index in [0.29, 0.717) is 17.9 Å². The molecule has 0 bridgehead atoms. The molecule has 0 fully saturated rings. The quantitative estimate of drug-likeness (QED) is 0.682. The predicted octanol–water partition coefficient (Wildman–Crippen LogP) is 3.85. The maximum absolute atomic E-state index is 13.9. The van der Waals surface area contributed by atoms with E-state index >= 15 is 0 Å². The van der Waals surface area contributed by atoms with Gasteiger partial charge in [-0.25, -0.2) is 8.78 Å². The van der Waals surface area contributed by atoms with Crippen LogP contribution >= 0.6 is 0 Å². The number of benzene rings is 1. The average molecular weight is 234 g/mol. The van der Waals surface area contributed by atoms with E-state index < -0.39 is 11.6 Å². The second-order valence-electron chi connectivity index (χ2n) is 4.73. The van der Waals surface area contributed by atoms with Crippen LogP contribution in [0.15, 0.2) is 6.07 Å². The van der Waals surface area contributed by atoms with Crippen LogP contribution in [-0.2, 0) is 12.8 Å². The Labute approximate surface area is 101 Å². The van der Waals surface area contributed by atoms with Crippen LogP contribution < -0.4 is 0 Å². The van der Waals surface area contributed by atoms with E-state index in [0.717, 1.165) is 31.2 Å². The Morgan fingerprint density at radius 3 is 2.88 bits per heavy atom. The Bertz CT molecular complexity index is 469.